The monoisotopic (exact) mass is 351 g/mol. The number of hydrogen-bond donors (Lipinski definition) is 0. The van der Waals surface area contributed by atoms with Crippen molar-refractivity contribution in [3.63, 3.8) is 0 Å². The lowest BCUT2D eigenvalue weighted by Gasteiger charge is -2.53. The smallest absolute Gasteiger partial charge is 0.243 e. The number of ether oxygens (including phenoxy) is 2. The molecule has 0 unspecified atom stereocenters. The Bertz CT molecular complexity index is 738. The normalized spacial score (nSPS) is 25.9. The molecule has 2 aliphatic heterocycles. The largest absolute Gasteiger partial charge is 0.350 e. The predicted molar refractivity (Wildman–Crippen MR) is 90.3 cm³/mol. The number of benzene rings is 1. The van der Waals surface area contributed by atoms with Crippen molar-refractivity contribution in [2.45, 2.75) is 50.2 Å². The van der Waals surface area contributed by atoms with Crippen molar-refractivity contribution in [1.29, 1.82) is 0 Å². The first-order valence-electron chi connectivity index (χ1n) is 8.70. The molecule has 1 aliphatic carbocycles. The zero-order valence-electron chi connectivity index (χ0n) is 14.4. The Morgan fingerprint density at radius 2 is 1.62 bits per heavy atom. The van der Waals surface area contributed by atoms with Gasteiger partial charge < -0.3 is 9.47 Å². The summed E-state index contributed by atoms with van der Waals surface area (Å²) >= 11 is 0. The van der Waals surface area contributed by atoms with Crippen LogP contribution in [0.2, 0.25) is 0 Å². The van der Waals surface area contributed by atoms with Crippen molar-refractivity contribution in [2.24, 2.45) is 5.41 Å². The van der Waals surface area contributed by atoms with Crippen molar-refractivity contribution < 1.29 is 17.9 Å². The molecule has 3 aliphatic rings. The van der Waals surface area contributed by atoms with Gasteiger partial charge in [0.25, 0.3) is 0 Å². The van der Waals surface area contributed by atoms with Gasteiger partial charge in [0.05, 0.1) is 18.1 Å². The molecule has 0 aromatic heterocycles. The zero-order valence-corrected chi connectivity index (χ0v) is 15.2. The van der Waals surface area contributed by atoms with E-state index in [0.29, 0.717) is 31.2 Å². The van der Waals surface area contributed by atoms with E-state index in [1.807, 2.05) is 26.0 Å². The molecule has 2 fully saturated rings. The van der Waals surface area contributed by atoms with E-state index in [2.05, 4.69) is 0 Å². The maximum atomic E-state index is 12.9. The number of rotatable bonds is 2. The van der Waals surface area contributed by atoms with E-state index in [9.17, 15) is 8.42 Å². The van der Waals surface area contributed by atoms with E-state index in [0.717, 1.165) is 19.3 Å². The van der Waals surface area contributed by atoms with E-state index in [1.165, 1.54) is 17.5 Å². The van der Waals surface area contributed by atoms with Crippen LogP contribution in [0.3, 0.4) is 0 Å². The van der Waals surface area contributed by atoms with E-state index >= 15 is 0 Å². The fourth-order valence-corrected chi connectivity index (χ4v) is 5.53. The van der Waals surface area contributed by atoms with Gasteiger partial charge in [0, 0.05) is 18.5 Å². The van der Waals surface area contributed by atoms with Crippen LogP contribution in [0.1, 0.15) is 37.8 Å². The summed E-state index contributed by atoms with van der Waals surface area (Å²) in [6.45, 7) is 5.83. The number of nitrogens with zero attached hydrogens (tertiary/aromatic N) is 1. The van der Waals surface area contributed by atoms with Crippen molar-refractivity contribution in [2.75, 3.05) is 26.3 Å². The topological polar surface area (TPSA) is 55.8 Å². The standard InChI is InChI=1S/C18H25NO4S/c1-17(2)22-12-18(13-23-17)10-19(11-18)24(20,21)16-8-7-14-5-3-4-6-15(14)9-16/h7-9H,3-6,10-13H2,1-2H3. The quantitative estimate of drug-likeness (QED) is 0.821. The summed E-state index contributed by atoms with van der Waals surface area (Å²) in [7, 11) is -3.42. The van der Waals surface area contributed by atoms with Gasteiger partial charge in [-0.1, -0.05) is 6.07 Å². The summed E-state index contributed by atoms with van der Waals surface area (Å²) in [5.74, 6) is -0.566. The molecule has 0 bridgehead atoms. The van der Waals surface area contributed by atoms with Crippen LogP contribution >= 0.6 is 0 Å². The minimum atomic E-state index is -3.42. The van der Waals surface area contributed by atoms with Gasteiger partial charge >= 0.3 is 0 Å². The van der Waals surface area contributed by atoms with Crippen LogP contribution < -0.4 is 0 Å². The van der Waals surface area contributed by atoms with Crippen LogP contribution in [0.4, 0.5) is 0 Å². The summed E-state index contributed by atoms with van der Waals surface area (Å²) in [5.41, 5.74) is 2.32. The van der Waals surface area contributed by atoms with Crippen LogP contribution in [0.5, 0.6) is 0 Å². The highest BCUT2D eigenvalue weighted by Gasteiger charge is 2.52. The Morgan fingerprint density at radius 1 is 1.00 bits per heavy atom. The van der Waals surface area contributed by atoms with Crippen LogP contribution in [0, 0.1) is 5.41 Å². The maximum absolute atomic E-state index is 12.9. The molecule has 0 N–H and O–H groups in total. The van der Waals surface area contributed by atoms with Crippen LogP contribution in [-0.2, 0) is 32.3 Å². The molecule has 1 spiro atoms. The predicted octanol–water partition coefficient (Wildman–Crippen LogP) is 2.34. The molecule has 1 aromatic carbocycles. The molecule has 2 heterocycles. The molecular weight excluding hydrogens is 326 g/mol. The number of hydrogen-bond acceptors (Lipinski definition) is 4. The molecule has 132 valence electrons. The Morgan fingerprint density at radius 3 is 2.29 bits per heavy atom. The van der Waals surface area contributed by atoms with Gasteiger partial charge in [-0.25, -0.2) is 8.42 Å². The average molecular weight is 351 g/mol. The summed E-state index contributed by atoms with van der Waals surface area (Å²) in [6, 6.07) is 5.64. The molecule has 0 radical (unpaired) electrons. The van der Waals surface area contributed by atoms with Crippen molar-refractivity contribution in [1.82, 2.24) is 4.31 Å². The van der Waals surface area contributed by atoms with Crippen LogP contribution in [0.25, 0.3) is 0 Å². The highest BCUT2D eigenvalue weighted by Crippen LogP contribution is 2.40. The third-order valence-corrected chi connectivity index (χ3v) is 7.22. The van der Waals surface area contributed by atoms with Crippen molar-refractivity contribution in [3.05, 3.63) is 29.3 Å². The first-order valence-corrected chi connectivity index (χ1v) is 10.1. The lowest BCUT2D eigenvalue weighted by Crippen LogP contribution is -2.65. The minimum absolute atomic E-state index is 0.184. The first-order chi connectivity index (χ1) is 11.3. The second-order valence-electron chi connectivity index (χ2n) is 7.89. The summed E-state index contributed by atoms with van der Waals surface area (Å²) in [5, 5.41) is 0. The Labute approximate surface area is 144 Å². The van der Waals surface area contributed by atoms with Gasteiger partial charge in [-0.2, -0.15) is 4.31 Å². The SMILES string of the molecule is CC1(C)OCC2(CO1)CN(S(=O)(=O)c1ccc3c(c1)CCCC3)C2. The number of sulfonamides is 1. The molecule has 24 heavy (non-hydrogen) atoms. The number of aryl methyl sites for hydroxylation is 2. The minimum Gasteiger partial charge on any atom is -0.350 e. The van der Waals surface area contributed by atoms with Gasteiger partial charge in [0.15, 0.2) is 5.79 Å². The molecule has 4 rings (SSSR count). The molecule has 0 atom stereocenters. The Kier molecular flexibility index (Phi) is 3.80. The van der Waals surface area contributed by atoms with Gasteiger partial charge in [-0.3, -0.25) is 0 Å². The molecular formula is C18H25NO4S. The molecule has 6 heteroatoms. The highest BCUT2D eigenvalue weighted by molar-refractivity contribution is 7.89. The molecule has 0 amide bonds. The fourth-order valence-electron chi connectivity index (χ4n) is 3.81. The summed E-state index contributed by atoms with van der Waals surface area (Å²) in [4.78, 5) is 0.427. The third kappa shape index (κ3) is 2.79. The van der Waals surface area contributed by atoms with E-state index < -0.39 is 15.8 Å². The lowest BCUT2D eigenvalue weighted by molar-refractivity contribution is -0.299. The van der Waals surface area contributed by atoms with E-state index in [1.54, 1.807) is 10.4 Å². The van der Waals surface area contributed by atoms with Gasteiger partial charge in [0.1, 0.15) is 0 Å². The highest BCUT2D eigenvalue weighted by atomic mass is 32.2. The summed E-state index contributed by atoms with van der Waals surface area (Å²) < 4.78 is 38.8. The molecule has 2 saturated heterocycles. The Balaban J connectivity index is 1.49. The second-order valence-corrected chi connectivity index (χ2v) is 9.83. The molecule has 1 aromatic rings. The fraction of sp³-hybridized carbons (Fsp3) is 0.667. The van der Waals surface area contributed by atoms with Gasteiger partial charge in [-0.15, -0.1) is 0 Å². The van der Waals surface area contributed by atoms with Crippen LogP contribution in [0.15, 0.2) is 23.1 Å². The first kappa shape index (κ1) is 16.5. The zero-order chi connectivity index (χ0) is 17.0. The van der Waals surface area contributed by atoms with Gasteiger partial charge in [0.2, 0.25) is 10.0 Å². The maximum Gasteiger partial charge on any atom is 0.243 e. The molecule has 5 nitrogen and oxygen atoms in total. The third-order valence-electron chi connectivity index (χ3n) is 5.43. The molecule has 0 saturated carbocycles. The average Bonchev–Trinajstić information content (AvgIpc) is 2.52. The van der Waals surface area contributed by atoms with Crippen molar-refractivity contribution in [3.8, 4) is 0 Å². The summed E-state index contributed by atoms with van der Waals surface area (Å²) in [6.07, 6.45) is 4.39. The number of fused-ring (bicyclic) bond motifs is 1. The lowest BCUT2D eigenvalue weighted by atomic mass is 9.82. The second kappa shape index (κ2) is 5.53. The van der Waals surface area contributed by atoms with Crippen LogP contribution in [-0.4, -0.2) is 44.8 Å². The Hall–Kier alpha value is -0.950. The van der Waals surface area contributed by atoms with E-state index in [4.69, 9.17) is 9.47 Å². The van der Waals surface area contributed by atoms with Gasteiger partial charge in [-0.05, 0) is 62.8 Å². The van der Waals surface area contributed by atoms with E-state index in [-0.39, 0.29) is 5.41 Å². The van der Waals surface area contributed by atoms with Crippen molar-refractivity contribution >= 4 is 10.0 Å².